The molecule has 1 amide bonds. The van der Waals surface area contributed by atoms with Gasteiger partial charge in [0.25, 0.3) is 0 Å². The first-order chi connectivity index (χ1) is 9.51. The predicted octanol–water partition coefficient (Wildman–Crippen LogP) is 0.634. The molecule has 1 aromatic heterocycles. The van der Waals surface area contributed by atoms with Gasteiger partial charge in [-0.25, -0.2) is 13.4 Å². The molecule has 0 saturated carbocycles. The molecule has 2 saturated heterocycles. The van der Waals surface area contributed by atoms with Crippen molar-refractivity contribution in [2.24, 2.45) is 5.92 Å². The second-order valence-corrected chi connectivity index (χ2v) is 7.19. The maximum absolute atomic E-state index is 12.7. The third-order valence-corrected chi connectivity index (χ3v) is 6.23. The fourth-order valence-electron chi connectivity index (χ4n) is 2.90. The Hall–Kier alpha value is -1.18. The van der Waals surface area contributed by atoms with Crippen LogP contribution < -0.4 is 5.32 Å². The van der Waals surface area contributed by atoms with E-state index in [1.54, 1.807) is 0 Å². The van der Waals surface area contributed by atoms with Crippen LogP contribution in [0.2, 0.25) is 5.15 Å². The summed E-state index contributed by atoms with van der Waals surface area (Å²) in [6.45, 7) is 0.768. The zero-order valence-corrected chi connectivity index (χ0v) is 12.2. The van der Waals surface area contributed by atoms with Gasteiger partial charge in [-0.15, -0.1) is 0 Å². The van der Waals surface area contributed by atoms with Crippen LogP contribution >= 0.6 is 11.6 Å². The van der Waals surface area contributed by atoms with Crippen molar-refractivity contribution >= 4 is 27.5 Å². The highest BCUT2D eigenvalue weighted by Gasteiger charge is 2.46. The Labute approximate surface area is 122 Å². The number of piperidine rings is 1. The second kappa shape index (κ2) is 4.98. The molecule has 6 nitrogen and oxygen atoms in total. The third kappa shape index (κ3) is 2.10. The number of nitrogens with zero attached hydrogens (tertiary/aromatic N) is 2. The van der Waals surface area contributed by atoms with Crippen LogP contribution in [0.25, 0.3) is 0 Å². The Morgan fingerprint density at radius 2 is 2.25 bits per heavy atom. The number of rotatable bonds is 2. The van der Waals surface area contributed by atoms with Crippen LogP contribution in [0.3, 0.4) is 0 Å². The number of sulfonamides is 1. The molecular formula is C12H14ClN3O3S. The maximum Gasteiger partial charge on any atom is 0.246 e. The molecule has 3 heterocycles. The van der Waals surface area contributed by atoms with E-state index in [0.29, 0.717) is 19.5 Å². The van der Waals surface area contributed by atoms with Gasteiger partial charge in [0.1, 0.15) is 10.0 Å². The van der Waals surface area contributed by atoms with Gasteiger partial charge in [-0.1, -0.05) is 11.6 Å². The third-order valence-electron chi connectivity index (χ3n) is 3.86. The van der Waals surface area contributed by atoms with Gasteiger partial charge in [0.05, 0.1) is 12.0 Å². The van der Waals surface area contributed by atoms with Crippen molar-refractivity contribution in [2.75, 3.05) is 13.1 Å². The summed E-state index contributed by atoms with van der Waals surface area (Å²) in [7, 11) is -3.72. The number of halogens is 1. The van der Waals surface area contributed by atoms with E-state index in [2.05, 4.69) is 10.3 Å². The highest BCUT2D eigenvalue weighted by Crippen LogP contribution is 2.33. The minimum Gasteiger partial charge on any atom is -0.354 e. The highest BCUT2D eigenvalue weighted by molar-refractivity contribution is 7.89. The molecule has 8 heteroatoms. The van der Waals surface area contributed by atoms with E-state index in [1.807, 2.05) is 0 Å². The number of nitrogens with one attached hydrogen (secondary N) is 1. The van der Waals surface area contributed by atoms with Gasteiger partial charge in [-0.05, 0) is 25.0 Å². The van der Waals surface area contributed by atoms with Crippen LogP contribution in [0.1, 0.15) is 12.8 Å². The lowest BCUT2D eigenvalue weighted by atomic mass is 9.93. The van der Waals surface area contributed by atoms with Crippen LogP contribution in [0.4, 0.5) is 0 Å². The molecule has 2 unspecified atom stereocenters. The lowest BCUT2D eigenvalue weighted by Gasteiger charge is -2.34. The predicted molar refractivity (Wildman–Crippen MR) is 72.7 cm³/mol. The molecule has 0 aliphatic carbocycles. The lowest BCUT2D eigenvalue weighted by Crippen LogP contribution is -2.48. The fourth-order valence-corrected chi connectivity index (χ4v) is 5.03. The molecule has 0 radical (unpaired) electrons. The van der Waals surface area contributed by atoms with Crippen LogP contribution in [0.15, 0.2) is 23.2 Å². The maximum atomic E-state index is 12.7. The quantitative estimate of drug-likeness (QED) is 0.812. The van der Waals surface area contributed by atoms with Crippen molar-refractivity contribution in [3.63, 3.8) is 0 Å². The van der Waals surface area contributed by atoms with Crippen molar-refractivity contribution in [2.45, 2.75) is 23.8 Å². The number of fused-ring (bicyclic) bond motifs is 1. The normalized spacial score (nSPS) is 27.1. The molecule has 2 aliphatic heterocycles. The summed E-state index contributed by atoms with van der Waals surface area (Å²) in [6, 6.07) is 2.66. The average Bonchev–Trinajstić information content (AvgIpc) is 2.81. The van der Waals surface area contributed by atoms with Crippen LogP contribution in [-0.2, 0) is 14.8 Å². The van der Waals surface area contributed by atoms with Crippen molar-refractivity contribution in [1.29, 1.82) is 0 Å². The smallest absolute Gasteiger partial charge is 0.246 e. The van der Waals surface area contributed by atoms with Gasteiger partial charge >= 0.3 is 0 Å². The highest BCUT2D eigenvalue weighted by atomic mass is 35.5. The monoisotopic (exact) mass is 315 g/mol. The van der Waals surface area contributed by atoms with E-state index in [4.69, 9.17) is 11.6 Å². The van der Waals surface area contributed by atoms with Crippen LogP contribution in [-0.4, -0.2) is 42.7 Å². The summed E-state index contributed by atoms with van der Waals surface area (Å²) >= 11 is 5.90. The summed E-state index contributed by atoms with van der Waals surface area (Å²) in [5.41, 5.74) is 0. The summed E-state index contributed by atoms with van der Waals surface area (Å²) < 4.78 is 26.8. The molecule has 108 valence electrons. The molecule has 1 N–H and O–H groups in total. The largest absolute Gasteiger partial charge is 0.354 e. The Kier molecular flexibility index (Phi) is 3.43. The van der Waals surface area contributed by atoms with E-state index in [9.17, 15) is 13.2 Å². The van der Waals surface area contributed by atoms with Crippen molar-refractivity contribution in [1.82, 2.24) is 14.6 Å². The molecule has 0 aromatic carbocycles. The molecule has 1 aromatic rings. The molecule has 3 rings (SSSR count). The molecule has 20 heavy (non-hydrogen) atoms. The van der Waals surface area contributed by atoms with Gasteiger partial charge in [-0.2, -0.15) is 4.31 Å². The van der Waals surface area contributed by atoms with E-state index < -0.39 is 10.0 Å². The first-order valence-corrected chi connectivity index (χ1v) is 8.23. The van der Waals surface area contributed by atoms with Crippen LogP contribution in [0.5, 0.6) is 0 Å². The Bertz CT molecular complexity index is 649. The Morgan fingerprint density at radius 1 is 1.45 bits per heavy atom. The number of carbonyl (C=O) groups is 1. The summed E-state index contributed by atoms with van der Waals surface area (Å²) in [5.74, 6) is -0.318. The summed E-state index contributed by atoms with van der Waals surface area (Å²) in [4.78, 5) is 15.5. The molecule has 2 aliphatic rings. The SMILES string of the molecule is O=C1NCC2C1CCCN2S(=O)(=O)c1cccnc1Cl. The number of hydrogen-bond donors (Lipinski definition) is 1. The molecule has 0 spiro atoms. The Balaban J connectivity index is 1.99. The van der Waals surface area contributed by atoms with E-state index in [-0.39, 0.29) is 27.9 Å². The zero-order chi connectivity index (χ0) is 14.3. The van der Waals surface area contributed by atoms with Gasteiger partial charge in [0, 0.05) is 19.3 Å². The first kappa shape index (κ1) is 13.8. The minimum absolute atomic E-state index is 0.00154. The van der Waals surface area contributed by atoms with Crippen molar-refractivity contribution < 1.29 is 13.2 Å². The second-order valence-electron chi connectivity index (χ2n) is 4.97. The number of aromatic nitrogens is 1. The van der Waals surface area contributed by atoms with Crippen molar-refractivity contribution in [3.8, 4) is 0 Å². The zero-order valence-electron chi connectivity index (χ0n) is 10.6. The number of pyridine rings is 1. The molecule has 2 atom stereocenters. The van der Waals surface area contributed by atoms with Gasteiger partial charge in [0.15, 0.2) is 0 Å². The lowest BCUT2D eigenvalue weighted by molar-refractivity contribution is -0.123. The molecule has 2 fully saturated rings. The van der Waals surface area contributed by atoms with Crippen molar-refractivity contribution in [3.05, 3.63) is 23.5 Å². The van der Waals surface area contributed by atoms with Crippen LogP contribution in [0, 0.1) is 5.92 Å². The number of hydrogen-bond acceptors (Lipinski definition) is 4. The van der Waals surface area contributed by atoms with Gasteiger partial charge in [0.2, 0.25) is 15.9 Å². The standard InChI is InChI=1S/C12H14ClN3O3S/c13-11-10(4-1-5-14-11)20(18,19)16-6-2-3-8-9(16)7-15-12(8)17/h1,4-5,8-9H,2-3,6-7H2,(H,15,17). The van der Waals surface area contributed by atoms with Gasteiger partial charge in [-0.3, -0.25) is 4.79 Å². The van der Waals surface area contributed by atoms with E-state index >= 15 is 0 Å². The topological polar surface area (TPSA) is 79.4 Å². The fraction of sp³-hybridized carbons (Fsp3) is 0.500. The molecular weight excluding hydrogens is 302 g/mol. The van der Waals surface area contributed by atoms with E-state index in [1.165, 1.54) is 22.6 Å². The average molecular weight is 316 g/mol. The Morgan fingerprint density at radius 3 is 3.00 bits per heavy atom. The number of amides is 1. The number of carbonyl (C=O) groups excluding carboxylic acids is 1. The molecule has 0 bridgehead atoms. The van der Waals surface area contributed by atoms with E-state index in [0.717, 1.165) is 6.42 Å². The minimum atomic E-state index is -3.72. The summed E-state index contributed by atoms with van der Waals surface area (Å²) in [5, 5.41) is 2.70. The first-order valence-electron chi connectivity index (χ1n) is 6.42. The van der Waals surface area contributed by atoms with Gasteiger partial charge < -0.3 is 5.32 Å². The summed E-state index contributed by atoms with van der Waals surface area (Å²) in [6.07, 6.45) is 2.84.